The van der Waals surface area contributed by atoms with E-state index in [-0.39, 0.29) is 23.9 Å². The van der Waals surface area contributed by atoms with Gasteiger partial charge in [-0.05, 0) is 75.6 Å². The van der Waals surface area contributed by atoms with Crippen LogP contribution in [0, 0.1) is 5.92 Å². The number of imidazole rings is 2. The number of alkyl carbamates (subject to hydrolysis) is 1. The summed E-state index contributed by atoms with van der Waals surface area (Å²) in [4.78, 5) is 45.3. The van der Waals surface area contributed by atoms with Crippen LogP contribution in [0.4, 0.5) is 4.79 Å². The van der Waals surface area contributed by atoms with Crippen LogP contribution in [0.2, 0.25) is 0 Å². The number of carbonyl (C=O) groups excluding carboxylic acids is 2. The molecule has 6 rings (SSSR count). The van der Waals surface area contributed by atoms with E-state index in [1.807, 2.05) is 59.6 Å². The van der Waals surface area contributed by atoms with Crippen LogP contribution in [0.5, 0.6) is 0 Å². The van der Waals surface area contributed by atoms with Gasteiger partial charge in [0.05, 0.1) is 55.2 Å². The molecular formula is C39H51N7O6. The third-order valence-electron chi connectivity index (χ3n) is 9.72. The minimum absolute atomic E-state index is 0.0976. The summed E-state index contributed by atoms with van der Waals surface area (Å²) in [5.74, 6) is 1.19. The minimum Gasteiger partial charge on any atom is -0.453 e. The number of aliphatic hydroxyl groups is 1. The summed E-state index contributed by atoms with van der Waals surface area (Å²) >= 11 is 0. The van der Waals surface area contributed by atoms with Crippen LogP contribution < -0.4 is 5.32 Å². The predicted octanol–water partition coefficient (Wildman–Crippen LogP) is 6.38. The Kier molecular flexibility index (Phi) is 10.6. The molecule has 0 radical (unpaired) electrons. The van der Waals surface area contributed by atoms with Crippen LogP contribution in [0.15, 0.2) is 60.9 Å². The molecule has 2 aromatic heterocycles. The number of nitrogens with one attached hydrogen (secondary N) is 3. The number of hydrogen-bond acceptors (Lipinski definition) is 9. The summed E-state index contributed by atoms with van der Waals surface area (Å²) in [6.45, 7) is 14.3. The van der Waals surface area contributed by atoms with Crippen molar-refractivity contribution in [2.75, 3.05) is 20.3 Å². The number of aromatic nitrogens is 4. The van der Waals surface area contributed by atoms with Gasteiger partial charge in [0.25, 0.3) is 0 Å². The zero-order chi connectivity index (χ0) is 37.4. The number of methoxy groups -OCH3 is 1. The van der Waals surface area contributed by atoms with Crippen molar-refractivity contribution in [3.63, 3.8) is 0 Å². The van der Waals surface area contributed by atoms with Crippen molar-refractivity contribution in [2.45, 2.75) is 97.2 Å². The van der Waals surface area contributed by atoms with Crippen molar-refractivity contribution in [3.05, 3.63) is 72.6 Å². The van der Waals surface area contributed by atoms with Gasteiger partial charge in [0.2, 0.25) is 12.3 Å². The second kappa shape index (κ2) is 14.8. The summed E-state index contributed by atoms with van der Waals surface area (Å²) < 4.78 is 16.7. The number of ether oxygens (including phenoxy) is 3. The number of hydrogen-bond donors (Lipinski definition) is 4. The maximum Gasteiger partial charge on any atom is 0.407 e. The van der Waals surface area contributed by atoms with Crippen molar-refractivity contribution in [1.82, 2.24) is 35.1 Å². The van der Waals surface area contributed by atoms with E-state index in [1.54, 1.807) is 11.1 Å². The zero-order valence-corrected chi connectivity index (χ0v) is 31.3. The first-order valence-electron chi connectivity index (χ1n) is 17.9. The zero-order valence-electron chi connectivity index (χ0n) is 31.3. The molecule has 2 fully saturated rings. The first-order valence-corrected chi connectivity index (χ1v) is 17.9. The van der Waals surface area contributed by atoms with Gasteiger partial charge in [0.1, 0.15) is 23.4 Å². The summed E-state index contributed by atoms with van der Waals surface area (Å²) in [6.07, 6.45) is 3.48. The number of benzene rings is 2. The number of nitrogens with zero attached hydrogens (tertiary/aromatic N) is 4. The standard InChI is InChI=1S/C39H51N7O6/c1-23(2)32(44-36(48)50-8)35(47)45-19-9-10-30(45)33-40-20-28(42-33)26-15-11-24(12-16-26)25-13-17-27(18-14-25)29-21-41-34(43-29)31-22-51-39(6,7)46(31)37(49)52-38(3,4)5/h11-18,20-21,23,30-32,37,49H,9-10,19,22H2,1-8H3,(H,40,42)(H,41,43)(H,44,48)/t30-,31-,32-,37?/m0/s1. The molecule has 0 aliphatic carbocycles. The molecule has 0 bridgehead atoms. The molecule has 278 valence electrons. The molecule has 0 spiro atoms. The first-order chi connectivity index (χ1) is 24.6. The Morgan fingerprint density at radius 3 is 1.94 bits per heavy atom. The van der Waals surface area contributed by atoms with Gasteiger partial charge in [0, 0.05) is 6.54 Å². The first kappa shape index (κ1) is 37.2. The Hall–Kier alpha value is -4.56. The van der Waals surface area contributed by atoms with Crippen LogP contribution in [-0.4, -0.2) is 90.9 Å². The molecule has 13 nitrogen and oxygen atoms in total. The third kappa shape index (κ3) is 7.92. The molecule has 0 saturated carbocycles. The van der Waals surface area contributed by atoms with Crippen molar-refractivity contribution < 1.29 is 28.9 Å². The van der Waals surface area contributed by atoms with E-state index in [9.17, 15) is 14.7 Å². The topological polar surface area (TPSA) is 158 Å². The number of likely N-dealkylation sites (tertiary alicyclic amines) is 1. The Morgan fingerprint density at radius 1 is 0.923 bits per heavy atom. The molecule has 2 aliphatic heterocycles. The fourth-order valence-corrected chi connectivity index (χ4v) is 7.00. The Balaban J connectivity index is 1.12. The van der Waals surface area contributed by atoms with Crippen molar-refractivity contribution in [1.29, 1.82) is 0 Å². The Labute approximate surface area is 305 Å². The molecule has 4 aromatic rings. The lowest BCUT2D eigenvalue weighted by Gasteiger charge is -2.38. The monoisotopic (exact) mass is 713 g/mol. The number of carbonyl (C=O) groups is 2. The average Bonchev–Trinajstić information content (AvgIpc) is 3.92. The SMILES string of the molecule is COC(=O)N[C@H](C(=O)N1CCC[C@H]1c1ncc(-c2ccc(-c3ccc(-c4cnc([C@@H]5COC(C)(C)N5C(O)OC(C)(C)C)[nH]4)cc3)cc2)[nH]1)C(C)C. The summed E-state index contributed by atoms with van der Waals surface area (Å²) in [5, 5.41) is 13.7. The second-order valence-corrected chi connectivity index (χ2v) is 15.3. The highest BCUT2D eigenvalue weighted by atomic mass is 16.7. The van der Waals surface area contributed by atoms with E-state index in [0.29, 0.717) is 19.0 Å². The summed E-state index contributed by atoms with van der Waals surface area (Å²) in [6, 6.07) is 15.4. The van der Waals surface area contributed by atoms with Crippen LogP contribution in [-0.2, 0) is 19.0 Å². The second-order valence-electron chi connectivity index (χ2n) is 15.3. The molecule has 2 aliphatic rings. The number of aromatic amines is 2. The van der Waals surface area contributed by atoms with E-state index in [2.05, 4.69) is 73.8 Å². The van der Waals surface area contributed by atoms with Gasteiger partial charge in [-0.25, -0.2) is 19.7 Å². The van der Waals surface area contributed by atoms with Crippen LogP contribution in [0.1, 0.15) is 85.0 Å². The lowest BCUT2D eigenvalue weighted by Crippen LogP contribution is -2.51. The molecule has 52 heavy (non-hydrogen) atoms. The smallest absolute Gasteiger partial charge is 0.407 e. The van der Waals surface area contributed by atoms with Crippen molar-refractivity contribution >= 4 is 12.0 Å². The van der Waals surface area contributed by atoms with Gasteiger partial charge in [-0.2, -0.15) is 0 Å². The minimum atomic E-state index is -1.16. The van der Waals surface area contributed by atoms with Crippen LogP contribution in [0.25, 0.3) is 33.6 Å². The van der Waals surface area contributed by atoms with Gasteiger partial charge in [-0.1, -0.05) is 62.4 Å². The van der Waals surface area contributed by atoms with Crippen molar-refractivity contribution in [2.24, 2.45) is 5.92 Å². The number of rotatable bonds is 10. The quantitative estimate of drug-likeness (QED) is 0.137. The van der Waals surface area contributed by atoms with E-state index in [1.165, 1.54) is 7.11 Å². The van der Waals surface area contributed by atoms with Crippen molar-refractivity contribution in [3.8, 4) is 33.6 Å². The van der Waals surface area contributed by atoms with E-state index in [0.717, 1.165) is 52.3 Å². The lowest BCUT2D eigenvalue weighted by atomic mass is 10.0. The number of H-pyrrole nitrogens is 2. The van der Waals surface area contributed by atoms with E-state index < -0.39 is 29.9 Å². The Bertz CT molecular complexity index is 1840. The molecular weight excluding hydrogens is 662 g/mol. The molecule has 4 heterocycles. The molecule has 13 heteroatoms. The van der Waals surface area contributed by atoms with Crippen LogP contribution >= 0.6 is 0 Å². The highest BCUT2D eigenvalue weighted by molar-refractivity contribution is 5.86. The highest BCUT2D eigenvalue weighted by Gasteiger charge is 2.47. The van der Waals surface area contributed by atoms with Gasteiger partial charge in [-0.3, -0.25) is 4.79 Å². The Morgan fingerprint density at radius 2 is 1.44 bits per heavy atom. The number of amides is 2. The highest BCUT2D eigenvalue weighted by Crippen LogP contribution is 2.39. The average molecular weight is 714 g/mol. The normalized spacial score (nSPS) is 20.3. The van der Waals surface area contributed by atoms with E-state index >= 15 is 0 Å². The predicted molar refractivity (Wildman–Crippen MR) is 196 cm³/mol. The molecule has 2 amide bonds. The largest absolute Gasteiger partial charge is 0.453 e. The van der Waals surface area contributed by atoms with Gasteiger partial charge < -0.3 is 39.5 Å². The molecule has 2 saturated heterocycles. The molecule has 4 atom stereocenters. The van der Waals surface area contributed by atoms with Gasteiger partial charge in [0.15, 0.2) is 0 Å². The molecule has 1 unspecified atom stereocenters. The lowest BCUT2D eigenvalue weighted by molar-refractivity contribution is -0.278. The number of aliphatic hydroxyl groups excluding tert-OH is 1. The maximum atomic E-state index is 13.5. The van der Waals surface area contributed by atoms with Gasteiger partial charge >= 0.3 is 6.09 Å². The van der Waals surface area contributed by atoms with Crippen LogP contribution in [0.3, 0.4) is 0 Å². The third-order valence-corrected chi connectivity index (χ3v) is 9.72. The van der Waals surface area contributed by atoms with E-state index in [4.69, 9.17) is 14.2 Å². The van der Waals surface area contributed by atoms with Gasteiger partial charge in [-0.15, -0.1) is 0 Å². The summed E-state index contributed by atoms with van der Waals surface area (Å²) in [7, 11) is 1.29. The fourth-order valence-electron chi connectivity index (χ4n) is 7.00. The molecule has 2 aromatic carbocycles. The fraction of sp³-hybridized carbons (Fsp3) is 0.487. The maximum absolute atomic E-state index is 13.5. The summed E-state index contributed by atoms with van der Waals surface area (Å²) in [5.41, 5.74) is 4.57. The molecule has 4 N–H and O–H groups in total.